The fourth-order valence-electron chi connectivity index (χ4n) is 5.21. The van der Waals surface area contributed by atoms with Crippen molar-refractivity contribution in [1.82, 2.24) is 10.2 Å². The average Bonchev–Trinajstić information content (AvgIpc) is 3.09. The number of hydrogen-bond acceptors (Lipinski definition) is 6. The van der Waals surface area contributed by atoms with Crippen molar-refractivity contribution in [2.24, 2.45) is 5.92 Å². The first-order valence-corrected chi connectivity index (χ1v) is 17.0. The Labute approximate surface area is 279 Å². The van der Waals surface area contributed by atoms with Crippen LogP contribution in [0.15, 0.2) is 102 Å². The first kappa shape index (κ1) is 34.4. The van der Waals surface area contributed by atoms with E-state index in [1.165, 1.54) is 59.5 Å². The molecule has 4 aromatic carbocycles. The minimum atomic E-state index is -4.46. The lowest BCUT2D eigenvalue weighted by molar-refractivity contribution is -0.140. The summed E-state index contributed by atoms with van der Waals surface area (Å²) >= 11 is 0. The van der Waals surface area contributed by atoms with Crippen LogP contribution >= 0.6 is 0 Å². The minimum absolute atomic E-state index is 0.0326. The third-order valence-electron chi connectivity index (χ3n) is 7.72. The lowest BCUT2D eigenvalue weighted by atomic mass is 10.0. The third-order valence-corrected chi connectivity index (χ3v) is 9.49. The second-order valence-corrected chi connectivity index (χ2v) is 13.6. The molecule has 1 unspecified atom stereocenters. The predicted octanol–water partition coefficient (Wildman–Crippen LogP) is 5.34. The van der Waals surface area contributed by atoms with Gasteiger partial charge in [-0.1, -0.05) is 56.3 Å². The number of amides is 2. The molecular formula is C36H37F2N3O6S. The maximum atomic E-state index is 14.5. The van der Waals surface area contributed by atoms with E-state index in [0.29, 0.717) is 24.5 Å². The summed E-state index contributed by atoms with van der Waals surface area (Å²) < 4.78 is 68.4. The molecule has 9 nitrogen and oxygen atoms in total. The molecule has 12 heteroatoms. The molecule has 0 aromatic heterocycles. The van der Waals surface area contributed by atoms with E-state index in [4.69, 9.17) is 9.47 Å². The van der Waals surface area contributed by atoms with E-state index in [-0.39, 0.29) is 41.8 Å². The number of hydrogen-bond donors (Lipinski definition) is 1. The van der Waals surface area contributed by atoms with Crippen LogP contribution in [0.25, 0.3) is 0 Å². The molecule has 252 valence electrons. The molecule has 1 aliphatic rings. The molecule has 0 fully saturated rings. The van der Waals surface area contributed by atoms with Crippen molar-refractivity contribution >= 4 is 27.5 Å². The summed E-state index contributed by atoms with van der Waals surface area (Å²) in [6.45, 7) is 3.93. The topological polar surface area (TPSA) is 105 Å². The van der Waals surface area contributed by atoms with Crippen LogP contribution in [-0.4, -0.2) is 57.5 Å². The van der Waals surface area contributed by atoms with Crippen LogP contribution in [0.5, 0.6) is 11.5 Å². The fraction of sp³-hybridized carbons (Fsp3) is 0.278. The van der Waals surface area contributed by atoms with Crippen LogP contribution < -0.4 is 19.1 Å². The number of rotatable bonds is 13. The third kappa shape index (κ3) is 8.48. The van der Waals surface area contributed by atoms with Gasteiger partial charge in [-0.3, -0.25) is 13.9 Å². The Morgan fingerprint density at radius 3 is 2.08 bits per heavy atom. The smallest absolute Gasteiger partial charge is 0.264 e. The van der Waals surface area contributed by atoms with Gasteiger partial charge in [0.25, 0.3) is 10.0 Å². The van der Waals surface area contributed by atoms with Crippen LogP contribution in [0.2, 0.25) is 0 Å². The van der Waals surface area contributed by atoms with Crippen molar-refractivity contribution in [3.63, 3.8) is 0 Å². The Kier molecular flexibility index (Phi) is 10.9. The molecule has 1 heterocycles. The molecule has 0 spiro atoms. The number of benzene rings is 4. The highest BCUT2D eigenvalue weighted by molar-refractivity contribution is 7.92. The second-order valence-electron chi connectivity index (χ2n) is 11.8. The lowest BCUT2D eigenvalue weighted by Crippen LogP contribution is -2.53. The average molecular weight is 678 g/mol. The SMILES string of the molecule is CC(C)CNC(=O)C(Cc1ccccc1)N(Cc1ccc(F)cc1)C(=O)CN(c1ccc(F)cc1)S(=O)(=O)c1ccc2c(c1)OCCO2. The van der Waals surface area contributed by atoms with Gasteiger partial charge in [-0.25, -0.2) is 17.2 Å². The number of nitrogens with one attached hydrogen (secondary N) is 1. The monoisotopic (exact) mass is 677 g/mol. The Morgan fingerprint density at radius 1 is 0.812 bits per heavy atom. The molecule has 1 atom stereocenters. The zero-order chi connectivity index (χ0) is 34.3. The number of fused-ring (bicyclic) bond motifs is 1. The number of sulfonamides is 1. The van der Waals surface area contributed by atoms with Crippen molar-refractivity contribution in [1.29, 1.82) is 0 Å². The van der Waals surface area contributed by atoms with Crippen LogP contribution in [0, 0.1) is 17.6 Å². The Morgan fingerprint density at radius 2 is 1.44 bits per heavy atom. The highest BCUT2D eigenvalue weighted by Gasteiger charge is 2.35. The number of anilines is 1. The molecule has 4 aromatic rings. The van der Waals surface area contributed by atoms with Crippen molar-refractivity contribution in [2.75, 3.05) is 30.6 Å². The first-order chi connectivity index (χ1) is 23.0. The van der Waals surface area contributed by atoms with Gasteiger partial charge in [0.1, 0.15) is 37.4 Å². The highest BCUT2D eigenvalue weighted by Crippen LogP contribution is 2.34. The fourth-order valence-corrected chi connectivity index (χ4v) is 6.64. The molecule has 2 amide bonds. The zero-order valence-corrected chi connectivity index (χ0v) is 27.5. The summed E-state index contributed by atoms with van der Waals surface area (Å²) in [7, 11) is -4.46. The van der Waals surface area contributed by atoms with Gasteiger partial charge in [0.15, 0.2) is 11.5 Å². The molecular weight excluding hydrogens is 640 g/mol. The van der Waals surface area contributed by atoms with E-state index in [1.807, 2.05) is 44.2 Å². The van der Waals surface area contributed by atoms with Gasteiger partial charge in [0, 0.05) is 25.6 Å². The van der Waals surface area contributed by atoms with E-state index in [2.05, 4.69) is 5.32 Å². The molecule has 5 rings (SSSR count). The van der Waals surface area contributed by atoms with E-state index < -0.39 is 46.1 Å². The summed E-state index contributed by atoms with van der Waals surface area (Å²) in [5, 5.41) is 2.92. The number of carbonyl (C=O) groups is 2. The molecule has 0 radical (unpaired) electrons. The van der Waals surface area contributed by atoms with Gasteiger partial charge in [0.2, 0.25) is 11.8 Å². The molecule has 0 saturated carbocycles. The number of carbonyl (C=O) groups excluding carboxylic acids is 2. The predicted molar refractivity (Wildman–Crippen MR) is 177 cm³/mol. The lowest BCUT2D eigenvalue weighted by Gasteiger charge is -2.34. The Bertz CT molecular complexity index is 1820. The van der Waals surface area contributed by atoms with Gasteiger partial charge < -0.3 is 19.7 Å². The minimum Gasteiger partial charge on any atom is -0.486 e. The van der Waals surface area contributed by atoms with Crippen LogP contribution in [0.1, 0.15) is 25.0 Å². The summed E-state index contributed by atoms with van der Waals surface area (Å²) in [6, 6.07) is 22.5. The van der Waals surface area contributed by atoms with Gasteiger partial charge >= 0.3 is 0 Å². The Hall–Kier alpha value is -4.97. The number of nitrogens with zero attached hydrogens (tertiary/aromatic N) is 2. The first-order valence-electron chi connectivity index (χ1n) is 15.5. The van der Waals surface area contributed by atoms with Gasteiger partial charge in [-0.2, -0.15) is 0 Å². The van der Waals surface area contributed by atoms with E-state index >= 15 is 0 Å². The van der Waals surface area contributed by atoms with Crippen molar-refractivity contribution in [3.05, 3.63) is 120 Å². The number of ether oxygens (including phenoxy) is 2. The second kappa shape index (κ2) is 15.3. The van der Waals surface area contributed by atoms with Gasteiger partial charge in [0.05, 0.1) is 10.6 Å². The maximum Gasteiger partial charge on any atom is 0.264 e. The molecule has 0 aliphatic carbocycles. The van der Waals surface area contributed by atoms with E-state index in [0.717, 1.165) is 22.0 Å². The van der Waals surface area contributed by atoms with Crippen LogP contribution in [0.3, 0.4) is 0 Å². The summed E-state index contributed by atoms with van der Waals surface area (Å²) in [5.41, 5.74) is 1.34. The van der Waals surface area contributed by atoms with Crippen molar-refractivity contribution in [3.8, 4) is 11.5 Å². The van der Waals surface area contributed by atoms with Crippen molar-refractivity contribution < 1.29 is 36.3 Å². The summed E-state index contributed by atoms with van der Waals surface area (Å²) in [4.78, 5) is 29.5. The maximum absolute atomic E-state index is 14.5. The molecule has 1 aliphatic heterocycles. The highest BCUT2D eigenvalue weighted by atomic mass is 32.2. The molecule has 0 bridgehead atoms. The quantitative estimate of drug-likeness (QED) is 0.205. The Balaban J connectivity index is 1.56. The van der Waals surface area contributed by atoms with Gasteiger partial charge in [-0.05, 0) is 65.6 Å². The normalized spacial score (nSPS) is 13.1. The van der Waals surface area contributed by atoms with Crippen LogP contribution in [0.4, 0.5) is 14.5 Å². The standard InChI is InChI=1S/C36H37F2N3O6S/c1-25(2)22-39-36(43)32(20-26-6-4-3-5-7-26)40(23-27-8-10-28(37)11-9-27)35(42)24-41(30-14-12-29(38)13-15-30)48(44,45)31-16-17-33-34(21-31)47-19-18-46-33/h3-17,21,25,32H,18-20,22-24H2,1-2H3,(H,39,43). The molecule has 0 saturated heterocycles. The summed E-state index contributed by atoms with van der Waals surface area (Å²) in [6.07, 6.45) is 0.128. The molecule has 1 N–H and O–H groups in total. The van der Waals surface area contributed by atoms with E-state index in [9.17, 15) is 26.8 Å². The molecule has 48 heavy (non-hydrogen) atoms. The summed E-state index contributed by atoms with van der Waals surface area (Å²) in [5.74, 6) is -1.46. The number of halogens is 2. The van der Waals surface area contributed by atoms with Gasteiger partial charge in [-0.15, -0.1) is 0 Å². The largest absolute Gasteiger partial charge is 0.486 e. The van der Waals surface area contributed by atoms with Crippen molar-refractivity contribution in [2.45, 2.75) is 37.8 Å². The zero-order valence-electron chi connectivity index (χ0n) is 26.6. The van der Waals surface area contributed by atoms with Crippen LogP contribution in [-0.2, 0) is 32.6 Å². The van der Waals surface area contributed by atoms with E-state index in [1.54, 1.807) is 0 Å².